The normalized spacial score (nSPS) is 15.5. The summed E-state index contributed by atoms with van der Waals surface area (Å²) in [4.78, 5) is 50.7. The van der Waals surface area contributed by atoms with Crippen LogP contribution in [-0.4, -0.2) is 60.6 Å². The van der Waals surface area contributed by atoms with Gasteiger partial charge in [-0.05, 0) is 46.0 Å². The molecule has 0 bridgehead atoms. The maximum atomic E-state index is 13.1. The zero-order valence-electron chi connectivity index (χ0n) is 20.1. The summed E-state index contributed by atoms with van der Waals surface area (Å²) >= 11 is 0. The number of amides is 3. The molecular weight excluding hydrogens is 414 g/mol. The molecule has 0 saturated heterocycles. The Hall–Kier alpha value is -2.16. The minimum atomic E-state index is -0.825. The fourth-order valence-corrected chi connectivity index (χ4v) is 4.00. The van der Waals surface area contributed by atoms with Gasteiger partial charge >= 0.3 is 12.1 Å². The summed E-state index contributed by atoms with van der Waals surface area (Å²) < 4.78 is 9.86. The smallest absolute Gasteiger partial charge is 0.414 e. The van der Waals surface area contributed by atoms with Crippen molar-refractivity contribution in [1.29, 1.82) is 0 Å². The minimum Gasteiger partial charge on any atom is -0.469 e. The monoisotopic (exact) mass is 455 g/mol. The van der Waals surface area contributed by atoms with E-state index >= 15 is 0 Å². The first-order chi connectivity index (χ1) is 15.1. The fourth-order valence-electron chi connectivity index (χ4n) is 4.00. The Kier molecular flexibility index (Phi) is 12.3. The first-order valence-electron chi connectivity index (χ1n) is 11.7. The Balaban J connectivity index is 2.88. The molecule has 9 nitrogen and oxygen atoms in total. The van der Waals surface area contributed by atoms with Gasteiger partial charge in [0.05, 0.1) is 13.7 Å². The van der Waals surface area contributed by atoms with Crippen LogP contribution in [0.4, 0.5) is 4.79 Å². The second kappa shape index (κ2) is 14.1. The summed E-state index contributed by atoms with van der Waals surface area (Å²) in [5, 5.41) is 2.31. The minimum absolute atomic E-state index is 0.219. The SMILES string of the molecule is COC(=O)CCCCCN(C(=O)CN)[C@@H](CC1CCCCC1)C(=O)NC(=O)OC(C)(C)C. The predicted octanol–water partition coefficient (Wildman–Crippen LogP) is 2.90. The number of nitrogens with two attached hydrogens (primary N) is 1. The zero-order valence-corrected chi connectivity index (χ0v) is 20.1. The summed E-state index contributed by atoms with van der Waals surface area (Å²) in [6.45, 7) is 5.26. The van der Waals surface area contributed by atoms with Gasteiger partial charge in [-0.2, -0.15) is 0 Å². The Bertz CT molecular complexity index is 626. The number of nitrogens with zero attached hydrogens (tertiary/aromatic N) is 1. The predicted molar refractivity (Wildman–Crippen MR) is 121 cm³/mol. The summed E-state index contributed by atoms with van der Waals surface area (Å²) in [6, 6.07) is -0.790. The van der Waals surface area contributed by atoms with E-state index < -0.39 is 23.6 Å². The molecule has 1 rings (SSSR count). The highest BCUT2D eigenvalue weighted by atomic mass is 16.6. The van der Waals surface area contributed by atoms with Gasteiger partial charge in [0.2, 0.25) is 5.91 Å². The Morgan fingerprint density at radius 1 is 1.06 bits per heavy atom. The lowest BCUT2D eigenvalue weighted by molar-refractivity contribution is -0.141. The highest BCUT2D eigenvalue weighted by Crippen LogP contribution is 2.29. The number of hydrogen-bond acceptors (Lipinski definition) is 7. The molecule has 0 aromatic carbocycles. The van der Waals surface area contributed by atoms with Crippen LogP contribution in [0.15, 0.2) is 0 Å². The van der Waals surface area contributed by atoms with Crippen LogP contribution in [0, 0.1) is 5.92 Å². The van der Waals surface area contributed by atoms with Gasteiger partial charge in [0, 0.05) is 13.0 Å². The summed E-state index contributed by atoms with van der Waals surface area (Å²) in [7, 11) is 1.35. The average Bonchev–Trinajstić information content (AvgIpc) is 2.73. The van der Waals surface area contributed by atoms with E-state index in [2.05, 4.69) is 10.1 Å². The molecule has 184 valence electrons. The second-order valence-electron chi connectivity index (χ2n) is 9.42. The van der Waals surface area contributed by atoms with Crippen LogP contribution in [0.1, 0.15) is 85.0 Å². The highest BCUT2D eigenvalue weighted by molar-refractivity contribution is 5.97. The van der Waals surface area contributed by atoms with Gasteiger partial charge in [-0.25, -0.2) is 4.79 Å². The lowest BCUT2D eigenvalue weighted by atomic mass is 9.84. The largest absolute Gasteiger partial charge is 0.469 e. The zero-order chi connectivity index (χ0) is 24.1. The van der Waals surface area contributed by atoms with Crippen molar-refractivity contribution in [3.8, 4) is 0 Å². The summed E-state index contributed by atoms with van der Waals surface area (Å²) in [5.74, 6) is -0.836. The van der Waals surface area contributed by atoms with Crippen molar-refractivity contribution >= 4 is 23.9 Å². The van der Waals surface area contributed by atoms with Crippen molar-refractivity contribution in [2.24, 2.45) is 11.7 Å². The lowest BCUT2D eigenvalue weighted by Crippen LogP contribution is -2.54. The van der Waals surface area contributed by atoms with E-state index in [1.54, 1.807) is 20.8 Å². The number of rotatable bonds is 11. The van der Waals surface area contributed by atoms with Crippen molar-refractivity contribution in [2.45, 2.75) is 96.6 Å². The van der Waals surface area contributed by atoms with Crippen molar-refractivity contribution in [3.63, 3.8) is 0 Å². The van der Waals surface area contributed by atoms with Crippen molar-refractivity contribution in [2.75, 3.05) is 20.2 Å². The van der Waals surface area contributed by atoms with E-state index in [1.807, 2.05) is 0 Å². The van der Waals surface area contributed by atoms with E-state index in [0.717, 1.165) is 25.7 Å². The van der Waals surface area contributed by atoms with Crippen LogP contribution in [0.5, 0.6) is 0 Å². The second-order valence-corrected chi connectivity index (χ2v) is 9.42. The van der Waals surface area contributed by atoms with Crippen LogP contribution >= 0.6 is 0 Å². The molecule has 9 heteroatoms. The van der Waals surface area contributed by atoms with Gasteiger partial charge in [0.25, 0.3) is 5.91 Å². The third kappa shape index (κ3) is 10.9. The lowest BCUT2D eigenvalue weighted by Gasteiger charge is -2.34. The number of methoxy groups -OCH3 is 1. The van der Waals surface area contributed by atoms with Crippen molar-refractivity contribution in [3.05, 3.63) is 0 Å². The molecule has 32 heavy (non-hydrogen) atoms. The number of carbonyl (C=O) groups is 4. The first kappa shape index (κ1) is 27.9. The van der Waals surface area contributed by atoms with Crippen LogP contribution < -0.4 is 11.1 Å². The molecule has 0 aliphatic heterocycles. The molecule has 0 radical (unpaired) electrons. The van der Waals surface area contributed by atoms with Crippen LogP contribution in [0.2, 0.25) is 0 Å². The number of imide groups is 1. The first-order valence-corrected chi connectivity index (χ1v) is 11.7. The summed E-state index contributed by atoms with van der Waals surface area (Å²) in [6.07, 6.45) is 7.30. The Labute approximate surface area is 191 Å². The number of carbonyl (C=O) groups excluding carboxylic acids is 4. The molecule has 3 amide bonds. The third-order valence-corrected chi connectivity index (χ3v) is 5.59. The maximum Gasteiger partial charge on any atom is 0.414 e. The molecule has 1 atom stereocenters. The van der Waals surface area contributed by atoms with E-state index in [4.69, 9.17) is 10.5 Å². The van der Waals surface area contributed by atoms with E-state index in [-0.39, 0.29) is 18.4 Å². The molecule has 1 fully saturated rings. The number of hydrogen-bond donors (Lipinski definition) is 2. The molecule has 0 heterocycles. The molecule has 0 spiro atoms. The van der Waals surface area contributed by atoms with Gasteiger partial charge in [-0.15, -0.1) is 0 Å². The maximum absolute atomic E-state index is 13.1. The molecule has 1 aliphatic carbocycles. The van der Waals surface area contributed by atoms with Gasteiger partial charge in [0.15, 0.2) is 0 Å². The van der Waals surface area contributed by atoms with Gasteiger partial charge in [-0.1, -0.05) is 38.5 Å². The average molecular weight is 456 g/mol. The standard InChI is InChI=1S/C23H41N3O6/c1-23(2,3)32-22(30)25-21(29)18(15-17-11-7-5-8-12-17)26(19(27)16-24)14-10-6-9-13-20(28)31-4/h17-18H,5-16,24H2,1-4H3,(H,25,29,30)/t18-/m0/s1. The topological polar surface area (TPSA) is 128 Å². The van der Waals surface area contributed by atoms with Gasteiger partial charge in [0.1, 0.15) is 11.6 Å². The molecule has 0 aromatic heterocycles. The van der Waals surface area contributed by atoms with Crippen LogP contribution in [-0.2, 0) is 23.9 Å². The Morgan fingerprint density at radius 2 is 1.72 bits per heavy atom. The molecule has 1 saturated carbocycles. The molecule has 0 aromatic rings. The number of nitrogens with one attached hydrogen (secondary N) is 1. The molecule has 3 N–H and O–H groups in total. The summed E-state index contributed by atoms with van der Waals surface area (Å²) in [5.41, 5.74) is 4.90. The van der Waals surface area contributed by atoms with Crippen molar-refractivity contribution < 1.29 is 28.7 Å². The number of esters is 1. The van der Waals surface area contributed by atoms with Crippen LogP contribution in [0.25, 0.3) is 0 Å². The van der Waals surface area contributed by atoms with Crippen molar-refractivity contribution in [1.82, 2.24) is 10.2 Å². The molecule has 1 aliphatic rings. The van der Waals surface area contributed by atoms with E-state index in [9.17, 15) is 19.2 Å². The van der Waals surface area contributed by atoms with E-state index in [1.165, 1.54) is 18.4 Å². The number of ether oxygens (including phenoxy) is 2. The molecular formula is C23H41N3O6. The van der Waals surface area contributed by atoms with E-state index in [0.29, 0.717) is 44.6 Å². The molecule has 0 unspecified atom stereocenters. The third-order valence-electron chi connectivity index (χ3n) is 5.59. The number of alkyl carbamates (subject to hydrolysis) is 1. The quantitative estimate of drug-likeness (QED) is 0.362. The number of unbranched alkanes of at least 4 members (excludes halogenated alkanes) is 2. The Morgan fingerprint density at radius 3 is 2.28 bits per heavy atom. The van der Waals surface area contributed by atoms with Gasteiger partial charge in [-0.3, -0.25) is 19.7 Å². The van der Waals surface area contributed by atoms with Crippen LogP contribution in [0.3, 0.4) is 0 Å². The fraction of sp³-hybridized carbons (Fsp3) is 0.826. The van der Waals surface area contributed by atoms with Gasteiger partial charge < -0.3 is 20.1 Å². The highest BCUT2D eigenvalue weighted by Gasteiger charge is 2.33.